The number of carbonyl (C=O) groups is 1. The topological polar surface area (TPSA) is 43.1 Å². The van der Waals surface area contributed by atoms with E-state index in [0.717, 1.165) is 11.6 Å². The molecule has 2 nitrogen and oxygen atoms in total. The number of nitrogens with two attached hydrogens (primary N) is 1. The van der Waals surface area contributed by atoms with E-state index in [0.29, 0.717) is 10.6 Å². The van der Waals surface area contributed by atoms with Crippen molar-refractivity contribution in [3.8, 4) is 0 Å². The Morgan fingerprint density at radius 1 is 1.17 bits per heavy atom. The van der Waals surface area contributed by atoms with Crippen LogP contribution < -0.4 is 5.73 Å². The van der Waals surface area contributed by atoms with E-state index in [1.165, 1.54) is 12.1 Å². The van der Waals surface area contributed by atoms with Gasteiger partial charge in [0.05, 0.1) is 5.69 Å². The van der Waals surface area contributed by atoms with Gasteiger partial charge in [-0.3, -0.25) is 4.79 Å². The molecule has 92 valence electrons. The van der Waals surface area contributed by atoms with Gasteiger partial charge in [-0.25, -0.2) is 4.39 Å². The maximum Gasteiger partial charge on any atom is 0.193 e. The summed E-state index contributed by atoms with van der Waals surface area (Å²) in [5.74, 6) is -0.880. The monoisotopic (exact) mass is 263 g/mol. The van der Waals surface area contributed by atoms with Crippen LogP contribution in [0, 0.1) is 12.7 Å². The first-order valence-electron chi connectivity index (χ1n) is 5.35. The summed E-state index contributed by atoms with van der Waals surface area (Å²) in [5, 5.41) is 0.511. The van der Waals surface area contributed by atoms with E-state index >= 15 is 0 Å². The third kappa shape index (κ3) is 2.36. The van der Waals surface area contributed by atoms with E-state index in [1.54, 1.807) is 18.2 Å². The molecule has 2 aromatic carbocycles. The molecule has 0 heterocycles. The zero-order valence-corrected chi connectivity index (χ0v) is 10.5. The van der Waals surface area contributed by atoms with Crippen LogP contribution in [0.4, 0.5) is 10.1 Å². The van der Waals surface area contributed by atoms with Crippen LogP contribution in [0.25, 0.3) is 0 Å². The van der Waals surface area contributed by atoms with Gasteiger partial charge >= 0.3 is 0 Å². The summed E-state index contributed by atoms with van der Waals surface area (Å²) in [6.45, 7) is 1.85. The number of benzene rings is 2. The molecule has 2 rings (SSSR count). The molecule has 0 fully saturated rings. The second kappa shape index (κ2) is 4.78. The lowest BCUT2D eigenvalue weighted by atomic mass is 10.0. The summed E-state index contributed by atoms with van der Waals surface area (Å²) in [5.41, 5.74) is 6.95. The van der Waals surface area contributed by atoms with E-state index in [9.17, 15) is 9.18 Å². The number of halogens is 2. The number of nitrogen functional groups attached to an aromatic ring is 1. The van der Waals surface area contributed by atoms with Gasteiger partial charge in [-0.05, 0) is 36.8 Å². The van der Waals surface area contributed by atoms with Gasteiger partial charge in [0, 0.05) is 16.1 Å². The Morgan fingerprint density at radius 2 is 1.78 bits per heavy atom. The van der Waals surface area contributed by atoms with Gasteiger partial charge in [0.1, 0.15) is 5.82 Å². The number of carbonyl (C=O) groups excluding carboxylic acids is 1. The molecule has 0 aromatic heterocycles. The predicted molar refractivity (Wildman–Crippen MR) is 70.4 cm³/mol. The fourth-order valence-electron chi connectivity index (χ4n) is 1.57. The molecule has 0 saturated carbocycles. The standard InChI is InChI=1S/C14H11ClFNO/c1-8-2-3-9(6-11(8)15)14(18)10-4-5-13(17)12(16)7-10/h2-7H,17H2,1H3. The van der Waals surface area contributed by atoms with Gasteiger partial charge in [0.2, 0.25) is 0 Å². The second-order valence-electron chi connectivity index (χ2n) is 4.03. The van der Waals surface area contributed by atoms with E-state index in [2.05, 4.69) is 0 Å². The number of anilines is 1. The number of hydrogen-bond donors (Lipinski definition) is 1. The maximum absolute atomic E-state index is 13.3. The number of hydrogen-bond acceptors (Lipinski definition) is 2. The molecule has 0 spiro atoms. The van der Waals surface area contributed by atoms with Crippen molar-refractivity contribution in [3.05, 3.63) is 63.9 Å². The van der Waals surface area contributed by atoms with Crippen LogP contribution in [0.1, 0.15) is 21.5 Å². The minimum atomic E-state index is -0.598. The lowest BCUT2D eigenvalue weighted by Crippen LogP contribution is -2.03. The minimum absolute atomic E-state index is 0.0217. The van der Waals surface area contributed by atoms with Crippen molar-refractivity contribution >= 4 is 23.1 Å². The fraction of sp³-hybridized carbons (Fsp3) is 0.0714. The van der Waals surface area contributed by atoms with Crippen molar-refractivity contribution in [3.63, 3.8) is 0 Å². The molecule has 2 N–H and O–H groups in total. The Bertz CT molecular complexity index is 572. The fourth-order valence-corrected chi connectivity index (χ4v) is 1.75. The van der Waals surface area contributed by atoms with Crippen molar-refractivity contribution in [1.82, 2.24) is 0 Å². The first-order valence-corrected chi connectivity index (χ1v) is 5.72. The van der Waals surface area contributed by atoms with Crippen LogP contribution >= 0.6 is 11.6 Å². The highest BCUT2D eigenvalue weighted by Gasteiger charge is 2.12. The van der Waals surface area contributed by atoms with Gasteiger partial charge in [-0.15, -0.1) is 0 Å². The van der Waals surface area contributed by atoms with Crippen molar-refractivity contribution in [1.29, 1.82) is 0 Å². The average molecular weight is 264 g/mol. The summed E-state index contributed by atoms with van der Waals surface area (Å²) in [6.07, 6.45) is 0. The number of ketones is 1. The lowest BCUT2D eigenvalue weighted by Gasteiger charge is -2.05. The molecule has 0 unspecified atom stereocenters. The quantitative estimate of drug-likeness (QED) is 0.664. The molecule has 0 aliphatic rings. The van der Waals surface area contributed by atoms with Crippen LogP contribution in [0.15, 0.2) is 36.4 Å². The smallest absolute Gasteiger partial charge is 0.193 e. The number of rotatable bonds is 2. The molecule has 0 aliphatic carbocycles. The van der Waals surface area contributed by atoms with Crippen molar-refractivity contribution in [2.24, 2.45) is 0 Å². The Labute approximate surface area is 109 Å². The summed E-state index contributed by atoms with van der Waals surface area (Å²) in [7, 11) is 0. The van der Waals surface area contributed by atoms with Gasteiger partial charge in [-0.1, -0.05) is 23.7 Å². The highest BCUT2D eigenvalue weighted by Crippen LogP contribution is 2.20. The Hall–Kier alpha value is -1.87. The molecule has 0 bridgehead atoms. The van der Waals surface area contributed by atoms with E-state index in [1.807, 2.05) is 6.92 Å². The summed E-state index contributed by atoms with van der Waals surface area (Å²) in [6, 6.07) is 8.99. The molecular formula is C14H11ClFNO. The summed E-state index contributed by atoms with van der Waals surface area (Å²) >= 11 is 5.96. The van der Waals surface area contributed by atoms with Gasteiger partial charge in [0.25, 0.3) is 0 Å². The molecule has 18 heavy (non-hydrogen) atoms. The molecule has 4 heteroatoms. The second-order valence-corrected chi connectivity index (χ2v) is 4.44. The molecule has 0 atom stereocenters. The maximum atomic E-state index is 13.3. The summed E-state index contributed by atoms with van der Waals surface area (Å²) in [4.78, 5) is 12.1. The molecule has 2 aromatic rings. The highest BCUT2D eigenvalue weighted by molar-refractivity contribution is 6.31. The summed E-state index contributed by atoms with van der Waals surface area (Å²) < 4.78 is 13.3. The van der Waals surface area contributed by atoms with Crippen molar-refractivity contribution in [2.45, 2.75) is 6.92 Å². The third-order valence-electron chi connectivity index (χ3n) is 2.70. The largest absolute Gasteiger partial charge is 0.396 e. The Kier molecular flexibility index (Phi) is 3.34. The molecule has 0 amide bonds. The van der Waals surface area contributed by atoms with E-state index < -0.39 is 5.82 Å². The van der Waals surface area contributed by atoms with Gasteiger partial charge in [-0.2, -0.15) is 0 Å². The first-order chi connectivity index (χ1) is 8.49. The highest BCUT2D eigenvalue weighted by atomic mass is 35.5. The zero-order chi connectivity index (χ0) is 13.3. The zero-order valence-electron chi connectivity index (χ0n) is 9.71. The van der Waals surface area contributed by atoms with Crippen LogP contribution in [-0.2, 0) is 0 Å². The first kappa shape index (κ1) is 12.6. The van der Waals surface area contributed by atoms with Crippen LogP contribution in [0.5, 0.6) is 0 Å². The molecular weight excluding hydrogens is 253 g/mol. The molecule has 0 radical (unpaired) electrons. The third-order valence-corrected chi connectivity index (χ3v) is 3.10. The van der Waals surface area contributed by atoms with Crippen molar-refractivity contribution < 1.29 is 9.18 Å². The van der Waals surface area contributed by atoms with Gasteiger partial charge in [0.15, 0.2) is 5.78 Å². The Morgan fingerprint density at radius 3 is 2.39 bits per heavy atom. The lowest BCUT2D eigenvalue weighted by molar-refractivity contribution is 0.103. The van der Waals surface area contributed by atoms with E-state index in [4.69, 9.17) is 17.3 Å². The van der Waals surface area contributed by atoms with E-state index in [-0.39, 0.29) is 17.0 Å². The molecule has 0 aliphatic heterocycles. The Balaban J connectivity index is 2.41. The van der Waals surface area contributed by atoms with Crippen LogP contribution in [0.2, 0.25) is 5.02 Å². The van der Waals surface area contributed by atoms with Crippen molar-refractivity contribution in [2.75, 3.05) is 5.73 Å². The normalized spacial score (nSPS) is 10.4. The van der Waals surface area contributed by atoms with Crippen LogP contribution in [0.3, 0.4) is 0 Å². The predicted octanol–water partition coefficient (Wildman–Crippen LogP) is 3.60. The SMILES string of the molecule is Cc1ccc(C(=O)c2ccc(N)c(F)c2)cc1Cl. The minimum Gasteiger partial charge on any atom is -0.396 e. The molecule has 0 saturated heterocycles. The number of aryl methyl sites for hydroxylation is 1. The van der Waals surface area contributed by atoms with Gasteiger partial charge < -0.3 is 5.73 Å². The van der Waals surface area contributed by atoms with Crippen LogP contribution in [-0.4, -0.2) is 5.78 Å². The average Bonchev–Trinajstić information content (AvgIpc) is 2.35.